The Morgan fingerprint density at radius 2 is 1.56 bits per heavy atom. The van der Waals surface area contributed by atoms with Gasteiger partial charge in [0.05, 0.1) is 24.9 Å². The molecule has 4 aromatic carbocycles. The molecule has 198 valence electrons. The van der Waals surface area contributed by atoms with Crippen molar-refractivity contribution in [2.75, 3.05) is 13.2 Å². The third-order valence-electron chi connectivity index (χ3n) is 5.79. The molecule has 0 spiro atoms. The number of ether oxygens (including phenoxy) is 2. The Balaban J connectivity index is 1.22. The van der Waals surface area contributed by atoms with Gasteiger partial charge in [0, 0.05) is 5.56 Å². The number of carbonyl (C=O) groups excluding carboxylic acids is 3. The van der Waals surface area contributed by atoms with Gasteiger partial charge in [-0.25, -0.2) is 10.2 Å². The summed E-state index contributed by atoms with van der Waals surface area (Å²) in [5.41, 5.74) is 3.98. The fourth-order valence-electron chi connectivity index (χ4n) is 3.71. The van der Waals surface area contributed by atoms with Crippen LogP contribution in [-0.2, 0) is 4.79 Å². The maximum atomic E-state index is 12.5. The van der Waals surface area contributed by atoms with E-state index in [1.54, 1.807) is 60.7 Å². The Kier molecular flexibility index (Phi) is 9.39. The van der Waals surface area contributed by atoms with E-state index in [1.807, 2.05) is 30.3 Å². The lowest BCUT2D eigenvalue weighted by molar-refractivity contribution is -0.120. The molecule has 0 saturated carbocycles. The van der Waals surface area contributed by atoms with Gasteiger partial charge in [0.15, 0.2) is 0 Å². The van der Waals surface area contributed by atoms with Crippen molar-refractivity contribution in [2.24, 2.45) is 5.10 Å². The molecule has 39 heavy (non-hydrogen) atoms. The van der Waals surface area contributed by atoms with Crippen molar-refractivity contribution in [2.45, 2.75) is 19.8 Å². The predicted octanol–water partition coefficient (Wildman–Crippen LogP) is 5.12. The zero-order valence-corrected chi connectivity index (χ0v) is 21.6. The molecule has 2 amide bonds. The van der Waals surface area contributed by atoms with Crippen LogP contribution < -0.4 is 20.2 Å². The van der Waals surface area contributed by atoms with Crippen molar-refractivity contribution in [3.63, 3.8) is 0 Å². The topological polar surface area (TPSA) is 106 Å². The van der Waals surface area contributed by atoms with Crippen LogP contribution in [0.3, 0.4) is 0 Å². The Labute approximate surface area is 226 Å². The smallest absolute Gasteiger partial charge is 0.343 e. The van der Waals surface area contributed by atoms with Crippen LogP contribution in [0.1, 0.15) is 46.0 Å². The number of benzene rings is 4. The van der Waals surface area contributed by atoms with Gasteiger partial charge in [-0.1, -0.05) is 49.7 Å². The number of esters is 1. The molecule has 8 heteroatoms. The molecule has 0 atom stereocenters. The molecule has 0 heterocycles. The van der Waals surface area contributed by atoms with Gasteiger partial charge >= 0.3 is 5.97 Å². The van der Waals surface area contributed by atoms with E-state index in [0.717, 1.165) is 23.6 Å². The van der Waals surface area contributed by atoms with Crippen molar-refractivity contribution in [1.82, 2.24) is 10.7 Å². The van der Waals surface area contributed by atoms with Gasteiger partial charge in [0.2, 0.25) is 0 Å². The molecule has 8 nitrogen and oxygen atoms in total. The maximum absolute atomic E-state index is 12.5. The van der Waals surface area contributed by atoms with E-state index in [0.29, 0.717) is 34.8 Å². The van der Waals surface area contributed by atoms with Gasteiger partial charge in [-0.15, -0.1) is 0 Å². The van der Waals surface area contributed by atoms with Gasteiger partial charge in [-0.05, 0) is 77.4 Å². The Morgan fingerprint density at radius 1 is 0.846 bits per heavy atom. The van der Waals surface area contributed by atoms with Crippen LogP contribution in [-0.4, -0.2) is 37.1 Å². The average molecular weight is 524 g/mol. The van der Waals surface area contributed by atoms with E-state index in [-0.39, 0.29) is 12.5 Å². The molecule has 0 aliphatic carbocycles. The normalized spacial score (nSPS) is 10.8. The lowest BCUT2D eigenvalue weighted by Gasteiger charge is -2.07. The second-order valence-corrected chi connectivity index (χ2v) is 8.69. The van der Waals surface area contributed by atoms with E-state index < -0.39 is 11.9 Å². The zero-order valence-electron chi connectivity index (χ0n) is 21.6. The first-order chi connectivity index (χ1) is 19.0. The van der Waals surface area contributed by atoms with Gasteiger partial charge in [0.25, 0.3) is 11.8 Å². The summed E-state index contributed by atoms with van der Waals surface area (Å²) in [5, 5.41) is 8.29. The van der Waals surface area contributed by atoms with E-state index in [4.69, 9.17) is 9.47 Å². The van der Waals surface area contributed by atoms with Crippen LogP contribution >= 0.6 is 0 Å². The van der Waals surface area contributed by atoms with Crippen LogP contribution in [0.5, 0.6) is 11.5 Å². The lowest BCUT2D eigenvalue weighted by Crippen LogP contribution is -2.35. The monoisotopic (exact) mass is 523 g/mol. The fourth-order valence-corrected chi connectivity index (χ4v) is 3.71. The van der Waals surface area contributed by atoms with E-state index in [1.165, 1.54) is 6.21 Å². The van der Waals surface area contributed by atoms with Crippen LogP contribution in [0.25, 0.3) is 10.8 Å². The number of nitrogens with one attached hydrogen (secondary N) is 2. The quantitative estimate of drug-likeness (QED) is 0.0934. The molecule has 0 bridgehead atoms. The molecular weight excluding hydrogens is 494 g/mol. The number of hydrazone groups is 1. The lowest BCUT2D eigenvalue weighted by atomic mass is 10.0. The predicted molar refractivity (Wildman–Crippen MR) is 150 cm³/mol. The Bertz CT molecular complexity index is 1460. The largest absolute Gasteiger partial charge is 0.494 e. The minimum Gasteiger partial charge on any atom is -0.494 e. The molecule has 0 radical (unpaired) electrons. The summed E-state index contributed by atoms with van der Waals surface area (Å²) in [6.07, 6.45) is 3.48. The highest BCUT2D eigenvalue weighted by molar-refractivity contribution is 6.07. The highest BCUT2D eigenvalue weighted by Gasteiger charge is 2.11. The van der Waals surface area contributed by atoms with Crippen molar-refractivity contribution < 1.29 is 23.9 Å². The molecule has 0 aromatic heterocycles. The number of amides is 2. The second kappa shape index (κ2) is 13.5. The second-order valence-electron chi connectivity index (χ2n) is 8.69. The Morgan fingerprint density at radius 3 is 2.33 bits per heavy atom. The summed E-state index contributed by atoms with van der Waals surface area (Å²) in [4.78, 5) is 37.1. The SMILES string of the molecule is CCCCOc1ccc(C(=O)Oc2ccc(/C=N/NC(=O)CNC(=O)c3cccc4ccccc34)cc2)cc1. The van der Waals surface area contributed by atoms with Gasteiger partial charge in [-0.2, -0.15) is 5.10 Å². The number of hydrogen-bond acceptors (Lipinski definition) is 6. The van der Waals surface area contributed by atoms with Crippen molar-refractivity contribution in [3.8, 4) is 11.5 Å². The standard InChI is InChI=1S/C31H29N3O5/c1-2-3-19-38-25-17-13-24(14-18-25)31(37)39-26-15-11-22(12-16-26)20-33-34-29(35)21-32-30(36)28-10-6-8-23-7-4-5-9-27(23)28/h4-18,20H,2-3,19,21H2,1H3,(H,32,36)(H,34,35)/b33-20+. The van der Waals surface area contributed by atoms with Crippen LogP contribution in [0.15, 0.2) is 96.1 Å². The van der Waals surface area contributed by atoms with Crippen molar-refractivity contribution in [3.05, 3.63) is 108 Å². The fraction of sp³-hybridized carbons (Fsp3) is 0.161. The number of fused-ring (bicyclic) bond motifs is 1. The molecule has 2 N–H and O–H groups in total. The molecule has 0 fully saturated rings. The summed E-state index contributed by atoms with van der Waals surface area (Å²) in [5.74, 6) is -0.197. The summed E-state index contributed by atoms with van der Waals surface area (Å²) >= 11 is 0. The summed E-state index contributed by atoms with van der Waals surface area (Å²) in [6, 6.07) is 26.5. The van der Waals surface area contributed by atoms with Crippen LogP contribution in [0, 0.1) is 0 Å². The van der Waals surface area contributed by atoms with E-state index in [9.17, 15) is 14.4 Å². The van der Waals surface area contributed by atoms with Gasteiger partial charge < -0.3 is 14.8 Å². The number of hydrogen-bond donors (Lipinski definition) is 2. The number of nitrogens with zero attached hydrogens (tertiary/aromatic N) is 1. The number of unbranched alkanes of at least 4 members (excludes halogenated alkanes) is 1. The van der Waals surface area contributed by atoms with Crippen molar-refractivity contribution in [1.29, 1.82) is 0 Å². The molecular formula is C31H29N3O5. The molecule has 4 rings (SSSR count). The third kappa shape index (κ3) is 7.75. The van der Waals surface area contributed by atoms with Gasteiger partial charge in [-0.3, -0.25) is 9.59 Å². The van der Waals surface area contributed by atoms with Crippen LogP contribution in [0.4, 0.5) is 0 Å². The highest BCUT2D eigenvalue weighted by Crippen LogP contribution is 2.19. The minimum absolute atomic E-state index is 0.222. The van der Waals surface area contributed by atoms with Gasteiger partial charge in [0.1, 0.15) is 11.5 Å². The zero-order chi connectivity index (χ0) is 27.5. The maximum Gasteiger partial charge on any atom is 0.343 e. The number of rotatable bonds is 11. The van der Waals surface area contributed by atoms with Crippen LogP contribution in [0.2, 0.25) is 0 Å². The molecule has 0 unspecified atom stereocenters. The van der Waals surface area contributed by atoms with E-state index >= 15 is 0 Å². The first-order valence-corrected chi connectivity index (χ1v) is 12.7. The minimum atomic E-state index is -0.477. The number of carbonyl (C=O) groups is 3. The highest BCUT2D eigenvalue weighted by atomic mass is 16.5. The average Bonchev–Trinajstić information content (AvgIpc) is 2.97. The van der Waals surface area contributed by atoms with Crippen molar-refractivity contribution >= 4 is 34.8 Å². The first kappa shape index (κ1) is 27.1. The third-order valence-corrected chi connectivity index (χ3v) is 5.79. The van der Waals surface area contributed by atoms with E-state index in [2.05, 4.69) is 22.8 Å². The molecule has 0 aliphatic rings. The Hall–Kier alpha value is -4.98. The molecule has 0 aliphatic heterocycles. The summed E-state index contributed by atoms with van der Waals surface area (Å²) in [6.45, 7) is 2.51. The first-order valence-electron chi connectivity index (χ1n) is 12.7. The molecule has 4 aromatic rings. The summed E-state index contributed by atoms with van der Waals surface area (Å²) < 4.78 is 11.0. The summed E-state index contributed by atoms with van der Waals surface area (Å²) in [7, 11) is 0. The molecule has 0 saturated heterocycles.